The molecule has 0 fully saturated rings. The van der Waals surface area contributed by atoms with Gasteiger partial charge in [0.15, 0.2) is 5.82 Å². The van der Waals surface area contributed by atoms with Crippen LogP contribution in [0, 0.1) is 0 Å². The van der Waals surface area contributed by atoms with Crippen molar-refractivity contribution in [3.05, 3.63) is 30.2 Å². The fourth-order valence-corrected chi connectivity index (χ4v) is 0.912. The largest absolute Gasteiger partial charge is 0.258 e. The highest BCUT2D eigenvalue weighted by atomic mass is 35.5. The summed E-state index contributed by atoms with van der Waals surface area (Å²) in [4.78, 5) is 11.6. The quantitative estimate of drug-likeness (QED) is 0.650. The fourth-order valence-electron chi connectivity index (χ4n) is 0.770. The van der Waals surface area contributed by atoms with Crippen molar-refractivity contribution in [2.75, 3.05) is 0 Å². The monoisotopic (exact) mass is 181 g/mol. The van der Waals surface area contributed by atoms with E-state index in [0.29, 0.717) is 11.0 Å². The summed E-state index contributed by atoms with van der Waals surface area (Å²) >= 11 is 5.63. The van der Waals surface area contributed by atoms with Crippen molar-refractivity contribution < 1.29 is 0 Å². The highest BCUT2D eigenvalue weighted by Crippen LogP contribution is 2.04. The number of nitrogens with zero attached hydrogens (tertiary/aromatic N) is 5. The Morgan fingerprint density at radius 1 is 1.25 bits per heavy atom. The van der Waals surface area contributed by atoms with Crippen LogP contribution in [0.1, 0.15) is 0 Å². The Morgan fingerprint density at radius 3 is 2.83 bits per heavy atom. The lowest BCUT2D eigenvalue weighted by molar-refractivity contribution is 0.836. The topological polar surface area (TPSA) is 56.5 Å². The van der Waals surface area contributed by atoms with Crippen LogP contribution in [0.4, 0.5) is 0 Å². The second-order valence-corrected chi connectivity index (χ2v) is 2.43. The lowest BCUT2D eigenvalue weighted by atomic mass is 10.7. The smallest absolute Gasteiger partial charge is 0.175 e. The molecule has 2 heterocycles. The lowest BCUT2D eigenvalue weighted by Gasteiger charge is -1.96. The molecule has 0 saturated carbocycles. The Bertz CT molecular complexity index is 371. The Kier molecular flexibility index (Phi) is 1.71. The van der Waals surface area contributed by atoms with Crippen LogP contribution in [0.2, 0.25) is 5.15 Å². The minimum atomic E-state index is 0.336. The van der Waals surface area contributed by atoms with Gasteiger partial charge in [0.25, 0.3) is 0 Å². The van der Waals surface area contributed by atoms with Crippen LogP contribution in [-0.4, -0.2) is 24.7 Å². The highest BCUT2D eigenvalue weighted by Gasteiger charge is 1.98. The maximum Gasteiger partial charge on any atom is 0.175 e. The molecule has 0 amide bonds. The zero-order valence-corrected chi connectivity index (χ0v) is 6.68. The standard InChI is InChI=1S/C6H4ClN5/c7-5-1-8-2-6(11-5)12-4-9-3-10-12/h1-4H. The van der Waals surface area contributed by atoms with Crippen molar-refractivity contribution >= 4 is 11.6 Å². The third-order valence-electron chi connectivity index (χ3n) is 1.25. The van der Waals surface area contributed by atoms with Crippen LogP contribution >= 0.6 is 11.6 Å². The molecule has 0 N–H and O–H groups in total. The van der Waals surface area contributed by atoms with Crippen molar-refractivity contribution in [2.24, 2.45) is 0 Å². The van der Waals surface area contributed by atoms with E-state index in [2.05, 4.69) is 20.1 Å². The molecule has 12 heavy (non-hydrogen) atoms. The van der Waals surface area contributed by atoms with Gasteiger partial charge in [-0.15, -0.1) is 0 Å². The average Bonchev–Trinajstić information content (AvgIpc) is 2.56. The van der Waals surface area contributed by atoms with Crippen LogP contribution in [-0.2, 0) is 0 Å². The van der Waals surface area contributed by atoms with E-state index in [4.69, 9.17) is 11.6 Å². The van der Waals surface area contributed by atoms with Gasteiger partial charge in [-0.05, 0) is 0 Å². The van der Waals surface area contributed by atoms with E-state index in [1.807, 2.05) is 0 Å². The van der Waals surface area contributed by atoms with E-state index < -0.39 is 0 Å². The molecule has 2 rings (SSSR count). The number of hydrogen-bond acceptors (Lipinski definition) is 4. The first-order valence-electron chi connectivity index (χ1n) is 3.19. The molecular weight excluding hydrogens is 178 g/mol. The predicted octanol–water partition coefficient (Wildman–Crippen LogP) is 0.711. The summed E-state index contributed by atoms with van der Waals surface area (Å²) in [6.07, 6.45) is 5.96. The summed E-state index contributed by atoms with van der Waals surface area (Å²) < 4.78 is 1.48. The van der Waals surface area contributed by atoms with Crippen LogP contribution < -0.4 is 0 Å². The second kappa shape index (κ2) is 2.86. The Hall–Kier alpha value is -1.49. The van der Waals surface area contributed by atoms with E-state index >= 15 is 0 Å². The summed E-state index contributed by atoms with van der Waals surface area (Å²) in [6, 6.07) is 0. The van der Waals surface area contributed by atoms with E-state index in [0.717, 1.165) is 0 Å². The van der Waals surface area contributed by atoms with Gasteiger partial charge in [0, 0.05) is 0 Å². The summed E-state index contributed by atoms with van der Waals surface area (Å²) in [5.74, 6) is 0.556. The van der Waals surface area contributed by atoms with Gasteiger partial charge in [0.05, 0.1) is 12.4 Å². The molecule has 0 spiro atoms. The number of rotatable bonds is 1. The van der Waals surface area contributed by atoms with Gasteiger partial charge in [0.2, 0.25) is 0 Å². The number of halogens is 1. The van der Waals surface area contributed by atoms with Gasteiger partial charge in [-0.25, -0.2) is 14.6 Å². The Balaban J connectivity index is 2.48. The summed E-state index contributed by atoms with van der Waals surface area (Å²) in [5.41, 5.74) is 0. The molecule has 2 aromatic rings. The number of hydrogen-bond donors (Lipinski definition) is 0. The first-order valence-corrected chi connectivity index (χ1v) is 3.56. The van der Waals surface area contributed by atoms with Gasteiger partial charge >= 0.3 is 0 Å². The highest BCUT2D eigenvalue weighted by molar-refractivity contribution is 6.29. The van der Waals surface area contributed by atoms with Crippen LogP contribution in [0.15, 0.2) is 25.0 Å². The SMILES string of the molecule is Clc1cncc(-n2cncn2)n1. The number of aromatic nitrogens is 5. The molecule has 0 unspecified atom stereocenters. The molecule has 0 saturated heterocycles. The molecule has 60 valence electrons. The molecule has 0 aromatic carbocycles. The van der Waals surface area contributed by atoms with Gasteiger partial charge in [-0.3, -0.25) is 4.98 Å². The maximum absolute atomic E-state index is 5.63. The summed E-state index contributed by atoms with van der Waals surface area (Å²) in [6.45, 7) is 0. The molecule has 0 radical (unpaired) electrons. The second-order valence-electron chi connectivity index (χ2n) is 2.04. The van der Waals surface area contributed by atoms with E-state index in [-0.39, 0.29) is 0 Å². The lowest BCUT2D eigenvalue weighted by Crippen LogP contribution is -1.98. The molecular formula is C6H4ClN5. The molecule has 5 nitrogen and oxygen atoms in total. The third-order valence-corrected chi connectivity index (χ3v) is 1.43. The Labute approximate surface area is 73.1 Å². The van der Waals surface area contributed by atoms with Crippen LogP contribution in [0.25, 0.3) is 5.82 Å². The van der Waals surface area contributed by atoms with Gasteiger partial charge < -0.3 is 0 Å². The normalized spacial score (nSPS) is 10.1. The fraction of sp³-hybridized carbons (Fsp3) is 0. The summed E-state index contributed by atoms with van der Waals surface area (Å²) in [5, 5.41) is 4.21. The van der Waals surface area contributed by atoms with Crippen LogP contribution in [0.3, 0.4) is 0 Å². The first-order chi connectivity index (χ1) is 5.86. The van der Waals surface area contributed by atoms with Gasteiger partial charge in [-0.1, -0.05) is 11.6 Å². The minimum Gasteiger partial charge on any atom is -0.258 e. The molecule has 6 heteroatoms. The molecule has 0 bridgehead atoms. The van der Waals surface area contributed by atoms with E-state index in [1.54, 1.807) is 6.20 Å². The average molecular weight is 182 g/mol. The van der Waals surface area contributed by atoms with Crippen molar-refractivity contribution in [2.45, 2.75) is 0 Å². The van der Waals surface area contributed by atoms with Crippen molar-refractivity contribution in [1.29, 1.82) is 0 Å². The summed E-state index contributed by atoms with van der Waals surface area (Å²) in [7, 11) is 0. The maximum atomic E-state index is 5.63. The third kappa shape index (κ3) is 1.26. The molecule has 0 atom stereocenters. The van der Waals surface area contributed by atoms with Crippen molar-refractivity contribution in [3.8, 4) is 5.82 Å². The molecule has 2 aromatic heterocycles. The van der Waals surface area contributed by atoms with Crippen molar-refractivity contribution in [3.63, 3.8) is 0 Å². The Morgan fingerprint density at radius 2 is 2.17 bits per heavy atom. The van der Waals surface area contributed by atoms with E-state index in [1.165, 1.54) is 23.5 Å². The van der Waals surface area contributed by atoms with Gasteiger partial charge in [0.1, 0.15) is 17.8 Å². The molecule has 0 aliphatic heterocycles. The minimum absolute atomic E-state index is 0.336. The molecule has 0 aliphatic carbocycles. The first kappa shape index (κ1) is 7.17. The van der Waals surface area contributed by atoms with Gasteiger partial charge in [-0.2, -0.15) is 5.10 Å². The van der Waals surface area contributed by atoms with Crippen LogP contribution in [0.5, 0.6) is 0 Å². The predicted molar refractivity (Wildman–Crippen MR) is 42.0 cm³/mol. The van der Waals surface area contributed by atoms with Crippen molar-refractivity contribution in [1.82, 2.24) is 24.7 Å². The zero-order chi connectivity index (χ0) is 8.39. The zero-order valence-electron chi connectivity index (χ0n) is 5.92. The van der Waals surface area contributed by atoms with E-state index in [9.17, 15) is 0 Å². The molecule has 0 aliphatic rings.